The molecule has 1 amide bonds. The van der Waals surface area contributed by atoms with E-state index in [0.29, 0.717) is 11.5 Å². The first-order chi connectivity index (χ1) is 8.58. The molecule has 1 aromatic carbocycles. The molecule has 92 valence electrons. The molecule has 0 aliphatic rings. The van der Waals surface area contributed by atoms with Gasteiger partial charge in [0.05, 0.1) is 11.4 Å². The highest BCUT2D eigenvalue weighted by molar-refractivity contribution is 9.10. The number of nitrogen functional groups attached to an aromatic ring is 1. The molecule has 0 atom stereocenters. The van der Waals surface area contributed by atoms with Crippen LogP contribution >= 0.6 is 15.9 Å². The Bertz CT molecular complexity index is 600. The fourth-order valence-corrected chi connectivity index (χ4v) is 1.78. The monoisotopic (exact) mass is 306 g/mol. The largest absolute Gasteiger partial charge is 0.396 e. The van der Waals surface area contributed by atoms with Crippen LogP contribution in [0.25, 0.3) is 0 Å². The van der Waals surface area contributed by atoms with Crippen molar-refractivity contribution in [1.82, 2.24) is 4.98 Å². The van der Waals surface area contributed by atoms with Crippen LogP contribution in [0.15, 0.2) is 40.9 Å². The predicted octanol–water partition coefficient (Wildman–Crippen LogP) is 2.27. The van der Waals surface area contributed by atoms with Crippen molar-refractivity contribution in [2.75, 3.05) is 11.1 Å². The van der Waals surface area contributed by atoms with E-state index in [1.165, 1.54) is 6.07 Å². The summed E-state index contributed by atoms with van der Waals surface area (Å²) in [5.41, 5.74) is 12.4. The van der Waals surface area contributed by atoms with Crippen LogP contribution in [0.2, 0.25) is 0 Å². The first-order valence-electron chi connectivity index (χ1n) is 5.16. The Kier molecular flexibility index (Phi) is 3.47. The Morgan fingerprint density at radius 1 is 1.22 bits per heavy atom. The van der Waals surface area contributed by atoms with Gasteiger partial charge in [0.25, 0.3) is 5.91 Å². The van der Waals surface area contributed by atoms with E-state index in [2.05, 4.69) is 26.2 Å². The summed E-state index contributed by atoms with van der Waals surface area (Å²) in [4.78, 5) is 15.1. The molecule has 0 aliphatic carbocycles. The van der Waals surface area contributed by atoms with Crippen molar-refractivity contribution in [1.29, 1.82) is 0 Å². The normalized spacial score (nSPS) is 10.1. The lowest BCUT2D eigenvalue weighted by molar-refractivity contribution is 0.0996. The maximum Gasteiger partial charge on any atom is 0.267 e. The molecule has 1 aromatic heterocycles. The first-order valence-corrected chi connectivity index (χ1v) is 5.95. The van der Waals surface area contributed by atoms with Gasteiger partial charge in [0, 0.05) is 4.47 Å². The second-order valence-electron chi connectivity index (χ2n) is 3.60. The Hall–Kier alpha value is -2.08. The number of pyridine rings is 1. The molecule has 2 rings (SSSR count). The second-order valence-corrected chi connectivity index (χ2v) is 4.46. The average molecular weight is 307 g/mol. The molecule has 0 saturated heterocycles. The molecule has 2 aromatic rings. The summed E-state index contributed by atoms with van der Waals surface area (Å²) < 4.78 is 0.871. The van der Waals surface area contributed by atoms with Crippen LogP contribution in [0.1, 0.15) is 10.5 Å². The van der Waals surface area contributed by atoms with E-state index < -0.39 is 5.91 Å². The van der Waals surface area contributed by atoms with E-state index >= 15 is 0 Å². The number of benzene rings is 1. The fourth-order valence-electron chi connectivity index (χ4n) is 1.40. The summed E-state index contributed by atoms with van der Waals surface area (Å²) in [5, 5.41) is 3.04. The summed E-state index contributed by atoms with van der Waals surface area (Å²) in [6, 6.07) is 10.6. The Balaban J connectivity index is 2.37. The fraction of sp³-hybridized carbons (Fsp3) is 0. The lowest BCUT2D eigenvalue weighted by Gasteiger charge is -2.10. The molecule has 5 N–H and O–H groups in total. The number of para-hydroxylation sites is 1. The number of carbonyl (C=O) groups is 1. The SMILES string of the molecule is NC(=O)c1ccc(N)c(Nc2ccccc2Br)n1. The highest BCUT2D eigenvalue weighted by Gasteiger charge is 2.08. The molecule has 0 spiro atoms. The number of rotatable bonds is 3. The third kappa shape index (κ3) is 2.60. The van der Waals surface area contributed by atoms with Crippen LogP contribution in [0.3, 0.4) is 0 Å². The van der Waals surface area contributed by atoms with Gasteiger partial charge in [-0.2, -0.15) is 0 Å². The molecule has 0 unspecified atom stereocenters. The topological polar surface area (TPSA) is 94.0 Å². The lowest BCUT2D eigenvalue weighted by atomic mass is 10.3. The van der Waals surface area contributed by atoms with Crippen LogP contribution in [-0.4, -0.2) is 10.9 Å². The van der Waals surface area contributed by atoms with Crippen molar-refractivity contribution in [3.63, 3.8) is 0 Å². The number of hydrogen-bond donors (Lipinski definition) is 3. The Labute approximate surface area is 112 Å². The third-order valence-electron chi connectivity index (χ3n) is 2.31. The molecule has 1 heterocycles. The zero-order valence-electron chi connectivity index (χ0n) is 9.35. The number of nitrogens with two attached hydrogens (primary N) is 2. The summed E-state index contributed by atoms with van der Waals surface area (Å²) in [5.74, 6) is -0.191. The number of carbonyl (C=O) groups excluding carboxylic acids is 1. The van der Waals surface area contributed by atoms with Crippen LogP contribution in [0, 0.1) is 0 Å². The van der Waals surface area contributed by atoms with Crippen molar-refractivity contribution < 1.29 is 4.79 Å². The predicted molar refractivity (Wildman–Crippen MR) is 74.6 cm³/mol. The summed E-state index contributed by atoms with van der Waals surface area (Å²) in [6.45, 7) is 0. The zero-order chi connectivity index (χ0) is 13.1. The minimum atomic E-state index is -0.592. The van der Waals surface area contributed by atoms with Crippen molar-refractivity contribution in [3.05, 3.63) is 46.6 Å². The van der Waals surface area contributed by atoms with E-state index in [-0.39, 0.29) is 5.69 Å². The molecule has 5 nitrogen and oxygen atoms in total. The highest BCUT2D eigenvalue weighted by atomic mass is 79.9. The number of hydrogen-bond acceptors (Lipinski definition) is 4. The van der Waals surface area contributed by atoms with Gasteiger partial charge in [0.15, 0.2) is 5.82 Å². The van der Waals surface area contributed by atoms with Crippen molar-refractivity contribution >= 4 is 39.0 Å². The number of halogens is 1. The van der Waals surface area contributed by atoms with Crippen LogP contribution in [0.5, 0.6) is 0 Å². The lowest BCUT2D eigenvalue weighted by Crippen LogP contribution is -2.14. The van der Waals surface area contributed by atoms with Crippen LogP contribution in [-0.2, 0) is 0 Å². The van der Waals surface area contributed by atoms with Crippen molar-refractivity contribution in [2.24, 2.45) is 5.73 Å². The Morgan fingerprint density at radius 3 is 2.61 bits per heavy atom. The molecule has 0 radical (unpaired) electrons. The molecule has 0 saturated carbocycles. The van der Waals surface area contributed by atoms with E-state index in [4.69, 9.17) is 11.5 Å². The average Bonchev–Trinajstić information content (AvgIpc) is 2.34. The molecule has 0 bridgehead atoms. The quantitative estimate of drug-likeness (QED) is 0.810. The van der Waals surface area contributed by atoms with Gasteiger partial charge in [-0.05, 0) is 40.2 Å². The van der Waals surface area contributed by atoms with Gasteiger partial charge < -0.3 is 16.8 Å². The number of aromatic nitrogens is 1. The standard InChI is InChI=1S/C12H11BrN4O/c13-7-3-1-2-4-9(7)16-12-8(14)5-6-10(17-12)11(15)18/h1-6H,14H2,(H2,15,18)(H,16,17). The molecule has 18 heavy (non-hydrogen) atoms. The molecular weight excluding hydrogens is 296 g/mol. The van der Waals surface area contributed by atoms with Gasteiger partial charge in [0.1, 0.15) is 5.69 Å². The van der Waals surface area contributed by atoms with E-state index in [0.717, 1.165) is 10.2 Å². The van der Waals surface area contributed by atoms with E-state index in [9.17, 15) is 4.79 Å². The molecule has 0 fully saturated rings. The number of anilines is 3. The van der Waals surface area contributed by atoms with Crippen molar-refractivity contribution in [3.8, 4) is 0 Å². The first kappa shape index (κ1) is 12.4. The zero-order valence-corrected chi connectivity index (χ0v) is 10.9. The second kappa shape index (κ2) is 5.05. The van der Waals surface area contributed by atoms with Gasteiger partial charge >= 0.3 is 0 Å². The minimum absolute atomic E-state index is 0.166. The van der Waals surface area contributed by atoms with Crippen LogP contribution < -0.4 is 16.8 Å². The molecule has 0 aliphatic heterocycles. The molecular formula is C12H11BrN4O. The maximum absolute atomic E-state index is 11.1. The molecule has 6 heteroatoms. The van der Waals surface area contributed by atoms with Gasteiger partial charge in [-0.25, -0.2) is 4.98 Å². The van der Waals surface area contributed by atoms with E-state index in [1.807, 2.05) is 24.3 Å². The number of nitrogens with one attached hydrogen (secondary N) is 1. The van der Waals surface area contributed by atoms with E-state index in [1.54, 1.807) is 6.07 Å². The minimum Gasteiger partial charge on any atom is -0.396 e. The van der Waals surface area contributed by atoms with Gasteiger partial charge in [0.2, 0.25) is 0 Å². The number of nitrogens with zero attached hydrogens (tertiary/aromatic N) is 1. The third-order valence-corrected chi connectivity index (χ3v) is 3.00. The summed E-state index contributed by atoms with van der Waals surface area (Å²) in [7, 11) is 0. The summed E-state index contributed by atoms with van der Waals surface area (Å²) in [6.07, 6.45) is 0. The summed E-state index contributed by atoms with van der Waals surface area (Å²) >= 11 is 3.40. The smallest absolute Gasteiger partial charge is 0.267 e. The van der Waals surface area contributed by atoms with Gasteiger partial charge in [-0.3, -0.25) is 4.79 Å². The van der Waals surface area contributed by atoms with Crippen LogP contribution in [0.4, 0.5) is 17.2 Å². The Morgan fingerprint density at radius 2 is 1.94 bits per heavy atom. The van der Waals surface area contributed by atoms with Gasteiger partial charge in [-0.1, -0.05) is 12.1 Å². The maximum atomic E-state index is 11.1. The van der Waals surface area contributed by atoms with Crippen molar-refractivity contribution in [2.45, 2.75) is 0 Å². The number of primary amides is 1. The van der Waals surface area contributed by atoms with Gasteiger partial charge in [-0.15, -0.1) is 0 Å². The highest BCUT2D eigenvalue weighted by Crippen LogP contribution is 2.27. The number of amides is 1.